The fourth-order valence-corrected chi connectivity index (χ4v) is 1.92. The fraction of sp³-hybridized carbons (Fsp3) is 0.500. The average molecular weight is 316 g/mol. The highest BCUT2D eigenvalue weighted by Gasteiger charge is 2.16. The van der Waals surface area contributed by atoms with Crippen LogP contribution in [0.25, 0.3) is 0 Å². The molecule has 0 fully saturated rings. The van der Waals surface area contributed by atoms with Crippen LogP contribution in [0.4, 0.5) is 4.39 Å². The second kappa shape index (κ2) is 7.20. The van der Waals surface area contributed by atoms with Crippen molar-refractivity contribution in [2.45, 2.75) is 66.2 Å². The summed E-state index contributed by atoms with van der Waals surface area (Å²) in [5.74, 6) is -0.233. The van der Waals surface area contributed by atoms with Gasteiger partial charge in [0.25, 0.3) is 0 Å². The van der Waals surface area contributed by atoms with Crippen molar-refractivity contribution in [1.29, 1.82) is 0 Å². The highest BCUT2D eigenvalue weighted by Crippen LogP contribution is 2.21. The molecule has 0 saturated heterocycles. The van der Waals surface area contributed by atoms with E-state index < -0.39 is 0 Å². The Bertz CT molecular complexity index is 649. The van der Waals surface area contributed by atoms with Crippen LogP contribution in [0.1, 0.15) is 64.3 Å². The summed E-state index contributed by atoms with van der Waals surface area (Å²) in [5.41, 5.74) is 3.84. The van der Waals surface area contributed by atoms with E-state index in [1.165, 1.54) is 6.07 Å². The highest BCUT2D eigenvalue weighted by molar-refractivity contribution is 5.18. The number of pyridine rings is 2. The molecule has 2 rings (SSSR count). The highest BCUT2D eigenvalue weighted by atomic mass is 19.1. The third-order valence-corrected chi connectivity index (χ3v) is 3.45. The molecule has 126 valence electrons. The van der Waals surface area contributed by atoms with Crippen LogP contribution >= 0.6 is 0 Å². The molecular formula is C20H29FN2. The Morgan fingerprint density at radius 1 is 0.739 bits per heavy atom. The summed E-state index contributed by atoms with van der Waals surface area (Å²) in [4.78, 5) is 8.61. The third kappa shape index (κ3) is 6.09. The number of hydrogen-bond donors (Lipinski definition) is 0. The zero-order chi connectivity index (χ0) is 17.8. The van der Waals surface area contributed by atoms with E-state index in [-0.39, 0.29) is 16.6 Å². The minimum absolute atomic E-state index is 0.00153. The Balaban J connectivity index is 0.000000231. The Morgan fingerprint density at radius 2 is 1.26 bits per heavy atom. The molecule has 0 unspecified atom stereocenters. The molecule has 3 heteroatoms. The van der Waals surface area contributed by atoms with Gasteiger partial charge in [-0.1, -0.05) is 47.6 Å². The molecule has 0 saturated carbocycles. The molecule has 0 atom stereocenters. The van der Waals surface area contributed by atoms with Crippen molar-refractivity contribution >= 4 is 0 Å². The third-order valence-electron chi connectivity index (χ3n) is 3.45. The standard InChI is InChI=1S/C10H14FN.C10H15N/c1-7-8(11)5-6-9(12-7)10(2,3)4;1-8-6-5-7-9(11-8)10(2,3)4/h5-6H,1-4H3;5-7H,1-4H3. The largest absolute Gasteiger partial charge is 0.258 e. The molecule has 0 radical (unpaired) electrons. The Kier molecular flexibility index (Phi) is 6.04. The molecule has 2 aromatic rings. The quantitative estimate of drug-likeness (QED) is 0.640. The van der Waals surface area contributed by atoms with Gasteiger partial charge in [0.2, 0.25) is 0 Å². The van der Waals surface area contributed by atoms with Crippen molar-refractivity contribution in [2.75, 3.05) is 0 Å². The van der Waals surface area contributed by atoms with Crippen LogP contribution < -0.4 is 0 Å². The molecule has 2 heterocycles. The second-order valence-electron chi connectivity index (χ2n) is 7.93. The van der Waals surface area contributed by atoms with Crippen molar-refractivity contribution < 1.29 is 4.39 Å². The van der Waals surface area contributed by atoms with Gasteiger partial charge in [-0.3, -0.25) is 9.97 Å². The maximum atomic E-state index is 12.8. The van der Waals surface area contributed by atoms with Crippen LogP contribution in [0.2, 0.25) is 0 Å². The van der Waals surface area contributed by atoms with Gasteiger partial charge in [-0.15, -0.1) is 0 Å². The van der Waals surface area contributed by atoms with E-state index in [1.54, 1.807) is 13.0 Å². The van der Waals surface area contributed by atoms with Gasteiger partial charge in [0, 0.05) is 27.9 Å². The molecular weight excluding hydrogens is 287 g/mol. The maximum Gasteiger partial charge on any atom is 0.144 e. The second-order valence-corrected chi connectivity index (χ2v) is 7.93. The number of aryl methyl sites for hydroxylation is 2. The predicted octanol–water partition coefficient (Wildman–Crippen LogP) is 5.51. The van der Waals surface area contributed by atoms with Gasteiger partial charge in [0.1, 0.15) is 5.82 Å². The lowest BCUT2D eigenvalue weighted by Crippen LogP contribution is -2.14. The van der Waals surface area contributed by atoms with Gasteiger partial charge in [-0.05, 0) is 38.1 Å². The van der Waals surface area contributed by atoms with Crippen molar-refractivity contribution in [3.8, 4) is 0 Å². The van der Waals surface area contributed by atoms with Crippen LogP contribution in [0.5, 0.6) is 0 Å². The van der Waals surface area contributed by atoms with E-state index >= 15 is 0 Å². The van der Waals surface area contributed by atoms with Crippen LogP contribution in [-0.2, 0) is 10.8 Å². The first-order valence-corrected chi connectivity index (χ1v) is 7.99. The van der Waals surface area contributed by atoms with Gasteiger partial charge >= 0.3 is 0 Å². The van der Waals surface area contributed by atoms with Crippen LogP contribution in [-0.4, -0.2) is 9.97 Å². The van der Waals surface area contributed by atoms with Crippen molar-refractivity contribution in [3.05, 3.63) is 58.9 Å². The van der Waals surface area contributed by atoms with E-state index in [2.05, 4.69) is 63.6 Å². The zero-order valence-corrected chi connectivity index (χ0v) is 15.7. The predicted molar refractivity (Wildman–Crippen MR) is 95.3 cm³/mol. The SMILES string of the molecule is Cc1cccc(C(C)(C)C)n1.Cc1nc(C(C)(C)C)ccc1F. The number of aromatic nitrogens is 2. The lowest BCUT2D eigenvalue weighted by atomic mass is 9.91. The summed E-state index contributed by atoms with van der Waals surface area (Å²) < 4.78 is 12.8. The van der Waals surface area contributed by atoms with Gasteiger partial charge in [-0.25, -0.2) is 4.39 Å². The molecule has 0 aliphatic heterocycles. The van der Waals surface area contributed by atoms with Gasteiger partial charge in [0.15, 0.2) is 0 Å². The molecule has 0 amide bonds. The first-order chi connectivity index (χ1) is 10.4. The summed E-state index contributed by atoms with van der Waals surface area (Å²) in [6.45, 7) is 16.4. The molecule has 2 nitrogen and oxygen atoms in total. The van der Waals surface area contributed by atoms with Crippen molar-refractivity contribution in [2.24, 2.45) is 0 Å². The molecule has 23 heavy (non-hydrogen) atoms. The molecule has 0 N–H and O–H groups in total. The Morgan fingerprint density at radius 3 is 1.65 bits per heavy atom. The fourth-order valence-electron chi connectivity index (χ4n) is 1.92. The van der Waals surface area contributed by atoms with Crippen molar-refractivity contribution in [3.63, 3.8) is 0 Å². The average Bonchev–Trinajstić information content (AvgIpc) is 2.40. The number of halogens is 1. The molecule has 0 spiro atoms. The van der Waals surface area contributed by atoms with Gasteiger partial charge < -0.3 is 0 Å². The summed E-state index contributed by atoms with van der Waals surface area (Å²) >= 11 is 0. The zero-order valence-electron chi connectivity index (χ0n) is 15.7. The van der Waals surface area contributed by atoms with E-state index in [4.69, 9.17) is 0 Å². The number of hydrogen-bond acceptors (Lipinski definition) is 2. The normalized spacial score (nSPS) is 11.7. The molecule has 0 bridgehead atoms. The Labute approximate surface area is 140 Å². The van der Waals surface area contributed by atoms with E-state index in [9.17, 15) is 4.39 Å². The molecule has 0 aliphatic rings. The summed E-state index contributed by atoms with van der Waals surface area (Å²) in [6, 6.07) is 9.37. The van der Waals surface area contributed by atoms with Crippen molar-refractivity contribution in [1.82, 2.24) is 9.97 Å². The van der Waals surface area contributed by atoms with E-state index in [1.807, 2.05) is 13.0 Å². The number of nitrogens with zero attached hydrogens (tertiary/aromatic N) is 2. The minimum atomic E-state index is -0.233. The van der Waals surface area contributed by atoms with Crippen LogP contribution in [0, 0.1) is 19.7 Å². The molecule has 0 aromatic carbocycles. The monoisotopic (exact) mass is 316 g/mol. The first kappa shape index (κ1) is 19.3. The maximum absolute atomic E-state index is 12.8. The van der Waals surface area contributed by atoms with Gasteiger partial charge in [0.05, 0.1) is 5.69 Å². The number of rotatable bonds is 0. The Hall–Kier alpha value is -1.77. The summed E-state index contributed by atoms with van der Waals surface area (Å²) in [5, 5.41) is 0. The summed E-state index contributed by atoms with van der Waals surface area (Å²) in [6.07, 6.45) is 0. The minimum Gasteiger partial charge on any atom is -0.258 e. The smallest absolute Gasteiger partial charge is 0.144 e. The van der Waals surface area contributed by atoms with Crippen LogP contribution in [0.3, 0.4) is 0 Å². The van der Waals surface area contributed by atoms with E-state index in [0.29, 0.717) is 5.69 Å². The topological polar surface area (TPSA) is 25.8 Å². The van der Waals surface area contributed by atoms with Gasteiger partial charge in [-0.2, -0.15) is 0 Å². The summed E-state index contributed by atoms with van der Waals surface area (Å²) in [7, 11) is 0. The van der Waals surface area contributed by atoms with E-state index in [0.717, 1.165) is 17.1 Å². The first-order valence-electron chi connectivity index (χ1n) is 7.99. The van der Waals surface area contributed by atoms with Crippen LogP contribution in [0.15, 0.2) is 30.3 Å². The molecule has 2 aromatic heterocycles. The molecule has 0 aliphatic carbocycles. The lowest BCUT2D eigenvalue weighted by molar-refractivity contribution is 0.551. The lowest BCUT2D eigenvalue weighted by Gasteiger charge is -2.17.